The molecule has 1 aromatic heterocycles. The first-order valence-corrected chi connectivity index (χ1v) is 10.3. The molecule has 28 heavy (non-hydrogen) atoms. The number of nitrogens with one attached hydrogen (secondary N) is 1. The Morgan fingerprint density at radius 3 is 2.79 bits per heavy atom. The molecule has 0 atom stereocenters. The topological polar surface area (TPSA) is 51.2 Å². The van der Waals surface area contributed by atoms with Crippen LogP contribution >= 0.6 is 22.9 Å². The van der Waals surface area contributed by atoms with Crippen LogP contribution in [-0.2, 0) is 4.79 Å². The highest BCUT2D eigenvalue weighted by Crippen LogP contribution is 2.26. The van der Waals surface area contributed by atoms with Gasteiger partial charge < -0.3 is 4.74 Å². The van der Waals surface area contributed by atoms with E-state index < -0.39 is 0 Å². The Labute approximate surface area is 173 Å². The number of aromatic nitrogens is 1. The summed E-state index contributed by atoms with van der Waals surface area (Å²) in [7, 11) is 0. The molecule has 4 nitrogen and oxygen atoms in total. The zero-order chi connectivity index (χ0) is 19.8. The van der Waals surface area contributed by atoms with E-state index in [-0.39, 0.29) is 5.91 Å². The fourth-order valence-electron chi connectivity index (χ4n) is 2.47. The minimum Gasteiger partial charge on any atom is -0.493 e. The van der Waals surface area contributed by atoms with E-state index >= 15 is 0 Å². The van der Waals surface area contributed by atoms with Crippen LogP contribution in [-0.4, -0.2) is 17.5 Å². The molecule has 0 saturated heterocycles. The van der Waals surface area contributed by atoms with E-state index in [4.69, 9.17) is 16.3 Å². The van der Waals surface area contributed by atoms with Crippen LogP contribution in [0.2, 0.25) is 5.02 Å². The van der Waals surface area contributed by atoms with E-state index in [0.717, 1.165) is 35.4 Å². The maximum absolute atomic E-state index is 12.3. The zero-order valence-electron chi connectivity index (χ0n) is 15.5. The molecule has 0 unspecified atom stereocenters. The van der Waals surface area contributed by atoms with Crippen molar-refractivity contribution in [3.05, 3.63) is 70.6 Å². The predicted molar refractivity (Wildman–Crippen MR) is 117 cm³/mol. The van der Waals surface area contributed by atoms with Crippen molar-refractivity contribution >= 4 is 40.1 Å². The van der Waals surface area contributed by atoms with E-state index in [2.05, 4.69) is 17.2 Å². The van der Waals surface area contributed by atoms with Gasteiger partial charge in [0.1, 0.15) is 5.75 Å². The number of ether oxygens (including phenoxy) is 1. The smallest absolute Gasteiger partial charge is 0.250 e. The number of rotatable bonds is 8. The summed E-state index contributed by atoms with van der Waals surface area (Å²) < 4.78 is 5.79. The van der Waals surface area contributed by atoms with Gasteiger partial charge in [-0.2, -0.15) is 0 Å². The molecule has 0 radical (unpaired) electrons. The quantitative estimate of drug-likeness (QED) is 0.349. The lowest BCUT2D eigenvalue weighted by Crippen LogP contribution is -2.07. The molecule has 0 aliphatic rings. The summed E-state index contributed by atoms with van der Waals surface area (Å²) in [6.07, 6.45) is 5.32. The zero-order valence-corrected chi connectivity index (χ0v) is 17.1. The molecule has 0 spiro atoms. The Morgan fingerprint density at radius 2 is 2.00 bits per heavy atom. The summed E-state index contributed by atoms with van der Waals surface area (Å²) in [6, 6.07) is 15.1. The third kappa shape index (κ3) is 5.68. The number of unbranched alkanes of at least 4 members (excludes halogenated alkanes) is 1. The van der Waals surface area contributed by atoms with Crippen LogP contribution in [0.4, 0.5) is 5.13 Å². The SMILES string of the molecule is CCCCOc1ccccc1/C=C/C(=O)Nc1nc(-c2ccc(Cl)cc2)cs1. The Bertz CT molecular complexity index is 951. The average Bonchev–Trinajstić information content (AvgIpc) is 3.16. The van der Waals surface area contributed by atoms with Crippen LogP contribution in [0.1, 0.15) is 25.3 Å². The van der Waals surface area contributed by atoms with Gasteiger partial charge in [0.15, 0.2) is 5.13 Å². The maximum Gasteiger partial charge on any atom is 0.250 e. The molecular weight excluding hydrogens is 392 g/mol. The van der Waals surface area contributed by atoms with Gasteiger partial charge >= 0.3 is 0 Å². The molecule has 0 fully saturated rings. The molecule has 1 N–H and O–H groups in total. The van der Waals surface area contributed by atoms with Crippen LogP contribution < -0.4 is 10.1 Å². The average molecular weight is 413 g/mol. The lowest BCUT2D eigenvalue weighted by molar-refractivity contribution is -0.111. The number of para-hydroxylation sites is 1. The molecule has 0 bridgehead atoms. The maximum atomic E-state index is 12.3. The molecular formula is C22H21ClN2O2S. The molecule has 3 aromatic rings. The van der Waals surface area contributed by atoms with Gasteiger partial charge in [-0.25, -0.2) is 4.98 Å². The molecule has 0 aliphatic carbocycles. The van der Waals surface area contributed by atoms with Crippen molar-refractivity contribution in [3.8, 4) is 17.0 Å². The van der Waals surface area contributed by atoms with Crippen LogP contribution in [0, 0.1) is 0 Å². The molecule has 6 heteroatoms. The van der Waals surface area contributed by atoms with Gasteiger partial charge in [0.2, 0.25) is 5.91 Å². The third-order valence-electron chi connectivity index (χ3n) is 3.96. The number of nitrogens with zero attached hydrogens (tertiary/aromatic N) is 1. The highest BCUT2D eigenvalue weighted by atomic mass is 35.5. The van der Waals surface area contributed by atoms with E-state index in [1.807, 2.05) is 53.9 Å². The van der Waals surface area contributed by atoms with Crippen LogP contribution in [0.5, 0.6) is 5.75 Å². The van der Waals surface area contributed by atoms with Gasteiger partial charge in [-0.1, -0.05) is 55.3 Å². The first-order chi connectivity index (χ1) is 13.7. The van der Waals surface area contributed by atoms with E-state index in [1.54, 1.807) is 6.08 Å². The summed E-state index contributed by atoms with van der Waals surface area (Å²) in [6.45, 7) is 2.79. The molecule has 1 amide bonds. The number of hydrogen-bond acceptors (Lipinski definition) is 4. The number of amides is 1. The second-order valence-electron chi connectivity index (χ2n) is 6.11. The van der Waals surface area contributed by atoms with Crippen LogP contribution in [0.25, 0.3) is 17.3 Å². The van der Waals surface area contributed by atoms with Crippen LogP contribution in [0.3, 0.4) is 0 Å². The number of thiazole rings is 1. The van der Waals surface area contributed by atoms with Crippen LogP contribution in [0.15, 0.2) is 60.0 Å². The van der Waals surface area contributed by atoms with Crippen molar-refractivity contribution < 1.29 is 9.53 Å². The van der Waals surface area contributed by atoms with Gasteiger partial charge in [0, 0.05) is 27.6 Å². The Kier molecular flexibility index (Phi) is 7.23. The molecule has 2 aromatic carbocycles. The Morgan fingerprint density at radius 1 is 1.21 bits per heavy atom. The lowest BCUT2D eigenvalue weighted by atomic mass is 10.2. The number of carbonyl (C=O) groups is 1. The van der Waals surface area contributed by atoms with Crippen molar-refractivity contribution in [2.75, 3.05) is 11.9 Å². The Balaban J connectivity index is 1.62. The number of anilines is 1. The molecule has 1 heterocycles. The minimum absolute atomic E-state index is 0.236. The normalized spacial score (nSPS) is 10.9. The highest BCUT2D eigenvalue weighted by Gasteiger charge is 2.07. The summed E-state index contributed by atoms with van der Waals surface area (Å²) in [5.74, 6) is 0.541. The fraction of sp³-hybridized carbons (Fsp3) is 0.182. The molecule has 0 aliphatic heterocycles. The fourth-order valence-corrected chi connectivity index (χ4v) is 3.32. The first kappa shape index (κ1) is 20.1. The second kappa shape index (κ2) is 10.1. The van der Waals surface area contributed by atoms with Crippen molar-refractivity contribution in [2.24, 2.45) is 0 Å². The standard InChI is InChI=1S/C22H21ClN2O2S/c1-2-3-14-27-20-7-5-4-6-17(20)10-13-21(26)25-22-24-19(15-28-22)16-8-11-18(23)12-9-16/h4-13,15H,2-3,14H2,1H3,(H,24,25,26)/b13-10+. The number of hydrogen-bond donors (Lipinski definition) is 1. The van der Waals surface area contributed by atoms with Crippen molar-refractivity contribution in [3.63, 3.8) is 0 Å². The summed E-state index contributed by atoms with van der Waals surface area (Å²) in [5.41, 5.74) is 2.63. The largest absolute Gasteiger partial charge is 0.493 e. The van der Waals surface area contributed by atoms with E-state index in [0.29, 0.717) is 16.8 Å². The minimum atomic E-state index is -0.236. The van der Waals surface area contributed by atoms with Gasteiger partial charge in [0.05, 0.1) is 12.3 Å². The van der Waals surface area contributed by atoms with E-state index in [1.165, 1.54) is 17.4 Å². The molecule has 144 valence electrons. The third-order valence-corrected chi connectivity index (χ3v) is 4.97. The first-order valence-electron chi connectivity index (χ1n) is 9.08. The van der Waals surface area contributed by atoms with Gasteiger partial charge in [-0.15, -0.1) is 11.3 Å². The number of carbonyl (C=O) groups excluding carboxylic acids is 1. The van der Waals surface area contributed by atoms with E-state index in [9.17, 15) is 4.79 Å². The van der Waals surface area contributed by atoms with Crippen molar-refractivity contribution in [1.82, 2.24) is 4.98 Å². The lowest BCUT2D eigenvalue weighted by Gasteiger charge is -2.08. The van der Waals surface area contributed by atoms with Crippen molar-refractivity contribution in [1.29, 1.82) is 0 Å². The predicted octanol–water partition coefficient (Wildman–Crippen LogP) is 6.29. The summed E-state index contributed by atoms with van der Waals surface area (Å²) in [5, 5.41) is 5.93. The van der Waals surface area contributed by atoms with Gasteiger partial charge in [-0.3, -0.25) is 10.1 Å². The van der Waals surface area contributed by atoms with Crippen molar-refractivity contribution in [2.45, 2.75) is 19.8 Å². The monoisotopic (exact) mass is 412 g/mol. The van der Waals surface area contributed by atoms with Gasteiger partial charge in [0.25, 0.3) is 0 Å². The summed E-state index contributed by atoms with van der Waals surface area (Å²) >= 11 is 7.29. The number of benzene rings is 2. The highest BCUT2D eigenvalue weighted by molar-refractivity contribution is 7.14. The molecule has 3 rings (SSSR count). The molecule has 0 saturated carbocycles. The summed E-state index contributed by atoms with van der Waals surface area (Å²) in [4.78, 5) is 16.7. The number of halogens is 1. The Hall–Kier alpha value is -2.63. The second-order valence-corrected chi connectivity index (χ2v) is 7.40. The van der Waals surface area contributed by atoms with Gasteiger partial charge in [-0.05, 0) is 30.7 Å².